The summed E-state index contributed by atoms with van der Waals surface area (Å²) in [5, 5.41) is 4.17. The SMILES string of the molecule is BrCCOCCOCCOCCOCCOCCOCCOC1CCNCC1. The zero-order valence-corrected chi connectivity index (χ0v) is 18.6. The maximum absolute atomic E-state index is 5.76. The highest BCUT2D eigenvalue weighted by Gasteiger charge is 2.12. The van der Waals surface area contributed by atoms with Crippen molar-refractivity contribution in [2.75, 3.05) is 104 Å². The van der Waals surface area contributed by atoms with E-state index in [2.05, 4.69) is 21.2 Å². The summed E-state index contributed by atoms with van der Waals surface area (Å²) in [6, 6.07) is 0. The molecule has 0 aliphatic carbocycles. The third kappa shape index (κ3) is 18.2. The highest BCUT2D eigenvalue weighted by atomic mass is 79.9. The first kappa shape index (κ1) is 26.2. The smallest absolute Gasteiger partial charge is 0.0704 e. The average Bonchev–Trinajstić information content (AvgIpc) is 2.73. The number of hydrogen-bond donors (Lipinski definition) is 1. The largest absolute Gasteiger partial charge is 0.378 e. The summed E-state index contributed by atoms with van der Waals surface area (Å²) in [4.78, 5) is 0. The van der Waals surface area contributed by atoms with Gasteiger partial charge < -0.3 is 38.5 Å². The van der Waals surface area contributed by atoms with Crippen LogP contribution in [0, 0.1) is 0 Å². The Morgan fingerprint density at radius 1 is 0.536 bits per heavy atom. The van der Waals surface area contributed by atoms with E-state index in [4.69, 9.17) is 33.2 Å². The molecule has 0 aromatic heterocycles. The van der Waals surface area contributed by atoms with Gasteiger partial charge in [0.15, 0.2) is 0 Å². The Bertz CT molecular complexity index is 310. The van der Waals surface area contributed by atoms with Crippen LogP contribution in [-0.2, 0) is 33.2 Å². The number of ether oxygens (including phenoxy) is 7. The molecule has 0 saturated carbocycles. The second kappa shape index (κ2) is 21.9. The van der Waals surface area contributed by atoms with E-state index in [0.29, 0.717) is 92.0 Å². The Balaban J connectivity index is 1.64. The van der Waals surface area contributed by atoms with Crippen molar-refractivity contribution in [2.45, 2.75) is 18.9 Å². The first-order chi connectivity index (χ1) is 13.9. The van der Waals surface area contributed by atoms with E-state index in [1.807, 2.05) is 0 Å². The predicted molar refractivity (Wildman–Crippen MR) is 111 cm³/mol. The zero-order valence-electron chi connectivity index (χ0n) is 17.0. The molecule has 0 aromatic rings. The Morgan fingerprint density at radius 2 is 0.893 bits per heavy atom. The molecule has 1 heterocycles. The van der Waals surface area contributed by atoms with Crippen molar-refractivity contribution in [1.82, 2.24) is 5.32 Å². The highest BCUT2D eigenvalue weighted by molar-refractivity contribution is 9.09. The van der Waals surface area contributed by atoms with Crippen LogP contribution in [0.25, 0.3) is 0 Å². The lowest BCUT2D eigenvalue weighted by Gasteiger charge is -2.22. The van der Waals surface area contributed by atoms with Gasteiger partial charge in [-0.05, 0) is 25.9 Å². The van der Waals surface area contributed by atoms with E-state index >= 15 is 0 Å². The van der Waals surface area contributed by atoms with Gasteiger partial charge in [0.2, 0.25) is 0 Å². The van der Waals surface area contributed by atoms with Crippen molar-refractivity contribution in [3.05, 3.63) is 0 Å². The van der Waals surface area contributed by atoms with E-state index < -0.39 is 0 Å². The molecule has 0 radical (unpaired) electrons. The molecular formula is C19H38BrNO7. The zero-order chi connectivity index (χ0) is 20.0. The fourth-order valence-corrected chi connectivity index (χ4v) is 2.72. The summed E-state index contributed by atoms with van der Waals surface area (Å²) in [7, 11) is 0. The number of nitrogens with one attached hydrogen (secondary N) is 1. The molecule has 1 N–H and O–H groups in total. The number of halogens is 1. The number of hydrogen-bond acceptors (Lipinski definition) is 8. The molecule has 1 saturated heterocycles. The van der Waals surface area contributed by atoms with Gasteiger partial charge in [0.1, 0.15) is 0 Å². The van der Waals surface area contributed by atoms with Crippen LogP contribution < -0.4 is 5.32 Å². The molecule has 0 bridgehead atoms. The molecule has 8 nitrogen and oxygen atoms in total. The standard InChI is InChI=1S/C19H38BrNO7/c20-3-6-22-7-8-23-9-10-24-11-12-25-13-14-26-15-16-27-17-18-28-19-1-4-21-5-2-19/h19,21H,1-18H2. The second-order valence-corrected chi connectivity index (χ2v) is 6.98. The van der Waals surface area contributed by atoms with Gasteiger partial charge in [0, 0.05) is 5.33 Å². The molecule has 1 rings (SSSR count). The minimum absolute atomic E-state index is 0.387. The molecule has 1 aliphatic heterocycles. The van der Waals surface area contributed by atoms with Gasteiger partial charge in [0.25, 0.3) is 0 Å². The molecule has 0 unspecified atom stereocenters. The summed E-state index contributed by atoms with van der Waals surface area (Å²) in [6.07, 6.45) is 2.57. The fraction of sp³-hybridized carbons (Fsp3) is 1.00. The lowest BCUT2D eigenvalue weighted by Crippen LogP contribution is -2.33. The van der Waals surface area contributed by atoms with Crippen LogP contribution in [0.2, 0.25) is 0 Å². The third-order valence-corrected chi connectivity index (χ3v) is 4.27. The lowest BCUT2D eigenvalue weighted by atomic mass is 10.1. The second-order valence-electron chi connectivity index (χ2n) is 6.18. The normalized spacial score (nSPS) is 15.3. The molecule has 168 valence electrons. The number of rotatable bonds is 21. The minimum Gasteiger partial charge on any atom is -0.378 e. The Kier molecular flexibility index (Phi) is 20.5. The van der Waals surface area contributed by atoms with Crippen LogP contribution in [-0.4, -0.2) is 110 Å². The van der Waals surface area contributed by atoms with Crippen LogP contribution in [0.1, 0.15) is 12.8 Å². The highest BCUT2D eigenvalue weighted by Crippen LogP contribution is 2.06. The van der Waals surface area contributed by atoms with Crippen molar-refractivity contribution in [1.29, 1.82) is 0 Å². The van der Waals surface area contributed by atoms with E-state index in [1.165, 1.54) is 0 Å². The molecule has 0 amide bonds. The monoisotopic (exact) mass is 471 g/mol. The summed E-state index contributed by atoms with van der Waals surface area (Å²) in [6.45, 7) is 9.84. The summed E-state index contributed by atoms with van der Waals surface area (Å²) in [5.41, 5.74) is 0. The molecule has 28 heavy (non-hydrogen) atoms. The van der Waals surface area contributed by atoms with Crippen LogP contribution >= 0.6 is 15.9 Å². The Labute approximate surface area is 178 Å². The predicted octanol–water partition coefficient (Wildman–Crippen LogP) is 1.25. The summed E-state index contributed by atoms with van der Waals surface area (Å²) in [5.74, 6) is 0. The van der Waals surface area contributed by atoms with Gasteiger partial charge in [-0.15, -0.1) is 0 Å². The third-order valence-electron chi connectivity index (χ3n) is 3.95. The maximum Gasteiger partial charge on any atom is 0.0704 e. The van der Waals surface area contributed by atoms with Gasteiger partial charge >= 0.3 is 0 Å². The van der Waals surface area contributed by atoms with Crippen molar-refractivity contribution in [2.24, 2.45) is 0 Å². The van der Waals surface area contributed by atoms with Crippen LogP contribution in [0.5, 0.6) is 0 Å². The van der Waals surface area contributed by atoms with Gasteiger partial charge in [-0.2, -0.15) is 0 Å². The lowest BCUT2D eigenvalue weighted by molar-refractivity contribution is -0.0305. The molecule has 0 aromatic carbocycles. The van der Waals surface area contributed by atoms with E-state index in [1.54, 1.807) is 0 Å². The maximum atomic E-state index is 5.76. The molecule has 1 aliphatic rings. The van der Waals surface area contributed by atoms with Gasteiger partial charge in [-0.25, -0.2) is 0 Å². The Hall–Kier alpha value is 0.160. The average molecular weight is 472 g/mol. The summed E-state index contributed by atoms with van der Waals surface area (Å²) >= 11 is 3.30. The topological polar surface area (TPSA) is 76.6 Å². The molecule has 0 atom stereocenters. The van der Waals surface area contributed by atoms with Gasteiger partial charge in [-0.3, -0.25) is 0 Å². The van der Waals surface area contributed by atoms with Crippen molar-refractivity contribution in [3.63, 3.8) is 0 Å². The molecular weight excluding hydrogens is 434 g/mol. The van der Waals surface area contributed by atoms with Crippen LogP contribution in [0.15, 0.2) is 0 Å². The fourth-order valence-electron chi connectivity index (χ4n) is 2.49. The Morgan fingerprint density at radius 3 is 1.29 bits per heavy atom. The molecule has 0 spiro atoms. The first-order valence-electron chi connectivity index (χ1n) is 10.3. The van der Waals surface area contributed by atoms with Crippen molar-refractivity contribution in [3.8, 4) is 0 Å². The van der Waals surface area contributed by atoms with E-state index in [9.17, 15) is 0 Å². The minimum atomic E-state index is 0.387. The first-order valence-corrected chi connectivity index (χ1v) is 11.4. The van der Waals surface area contributed by atoms with Crippen LogP contribution in [0.4, 0.5) is 0 Å². The molecule has 1 fully saturated rings. The van der Waals surface area contributed by atoms with Crippen molar-refractivity contribution < 1.29 is 33.2 Å². The quantitative estimate of drug-likeness (QED) is 0.198. The number of alkyl halides is 1. The van der Waals surface area contributed by atoms with E-state index in [-0.39, 0.29) is 0 Å². The van der Waals surface area contributed by atoms with Crippen LogP contribution in [0.3, 0.4) is 0 Å². The van der Waals surface area contributed by atoms with Gasteiger partial charge in [0.05, 0.1) is 92.0 Å². The number of piperidine rings is 1. The van der Waals surface area contributed by atoms with Gasteiger partial charge in [-0.1, -0.05) is 15.9 Å². The van der Waals surface area contributed by atoms with Crippen molar-refractivity contribution >= 4 is 15.9 Å². The van der Waals surface area contributed by atoms with E-state index in [0.717, 1.165) is 31.3 Å². The summed E-state index contributed by atoms with van der Waals surface area (Å²) < 4.78 is 38.2. The molecule has 9 heteroatoms.